The van der Waals surface area contributed by atoms with Gasteiger partial charge >= 0.3 is 0 Å². The van der Waals surface area contributed by atoms with E-state index in [0.717, 1.165) is 17.1 Å². The van der Waals surface area contributed by atoms with E-state index >= 15 is 0 Å². The van der Waals surface area contributed by atoms with Crippen LogP contribution in [0.4, 0.5) is 5.82 Å². The van der Waals surface area contributed by atoms with Crippen LogP contribution in [0.3, 0.4) is 0 Å². The normalized spacial score (nSPS) is 10.4. The Kier molecular flexibility index (Phi) is 5.68. The van der Waals surface area contributed by atoms with Gasteiger partial charge in [-0.05, 0) is 19.9 Å². The molecule has 1 heterocycles. The van der Waals surface area contributed by atoms with E-state index in [1.165, 1.54) is 11.8 Å². The van der Waals surface area contributed by atoms with Gasteiger partial charge in [-0.1, -0.05) is 23.4 Å². The van der Waals surface area contributed by atoms with Gasteiger partial charge in [0.15, 0.2) is 5.82 Å². The monoisotopic (exact) mass is 306 g/mol. The number of nitrogens with one attached hydrogen (secondary N) is 1. The Hall–Kier alpha value is -1.95. The molecule has 1 amide bonds. The number of amides is 1. The number of thioether (sulfide) groups is 1. The summed E-state index contributed by atoms with van der Waals surface area (Å²) < 4.78 is 10.5. The van der Waals surface area contributed by atoms with Crippen LogP contribution in [0.5, 0.6) is 5.75 Å². The maximum absolute atomic E-state index is 11.8. The molecule has 1 aromatic carbocycles. The van der Waals surface area contributed by atoms with Crippen molar-refractivity contribution >= 4 is 23.5 Å². The van der Waals surface area contributed by atoms with Crippen molar-refractivity contribution in [3.8, 4) is 5.75 Å². The van der Waals surface area contributed by atoms with Crippen molar-refractivity contribution in [2.24, 2.45) is 0 Å². The molecule has 0 aliphatic rings. The van der Waals surface area contributed by atoms with E-state index in [4.69, 9.17) is 9.26 Å². The van der Waals surface area contributed by atoms with Gasteiger partial charge in [0.1, 0.15) is 11.5 Å². The summed E-state index contributed by atoms with van der Waals surface area (Å²) in [5.74, 6) is 2.98. The Labute approximate surface area is 128 Å². The zero-order chi connectivity index (χ0) is 15.1. The van der Waals surface area contributed by atoms with Crippen molar-refractivity contribution < 1.29 is 14.1 Å². The first-order valence-electron chi connectivity index (χ1n) is 6.70. The van der Waals surface area contributed by atoms with Crippen LogP contribution in [0.15, 0.2) is 34.9 Å². The summed E-state index contributed by atoms with van der Waals surface area (Å²) in [5.41, 5.74) is 1.09. The maximum atomic E-state index is 11.8. The number of hydrogen-bond donors (Lipinski definition) is 1. The van der Waals surface area contributed by atoms with Crippen molar-refractivity contribution in [1.82, 2.24) is 5.16 Å². The van der Waals surface area contributed by atoms with E-state index in [1.807, 2.05) is 31.2 Å². The number of nitrogens with zero attached hydrogens (tertiary/aromatic N) is 1. The van der Waals surface area contributed by atoms with Crippen LogP contribution in [-0.2, 0) is 10.5 Å². The third kappa shape index (κ3) is 4.82. The minimum Gasteiger partial charge on any atom is -0.494 e. The summed E-state index contributed by atoms with van der Waals surface area (Å²) in [7, 11) is 0. The van der Waals surface area contributed by atoms with Crippen LogP contribution >= 0.6 is 11.8 Å². The van der Waals surface area contributed by atoms with E-state index in [1.54, 1.807) is 13.0 Å². The quantitative estimate of drug-likeness (QED) is 0.850. The zero-order valence-electron chi connectivity index (χ0n) is 12.1. The minimum atomic E-state index is -0.0952. The van der Waals surface area contributed by atoms with E-state index in [0.29, 0.717) is 23.9 Å². The fourth-order valence-electron chi connectivity index (χ4n) is 1.78. The minimum absolute atomic E-state index is 0.0952. The van der Waals surface area contributed by atoms with Crippen LogP contribution in [0.1, 0.15) is 18.2 Å². The molecule has 0 bridgehead atoms. The molecule has 21 heavy (non-hydrogen) atoms. The number of para-hydroxylation sites is 1. The Morgan fingerprint density at radius 3 is 2.95 bits per heavy atom. The molecule has 2 rings (SSSR count). The molecule has 0 radical (unpaired) electrons. The topological polar surface area (TPSA) is 64.4 Å². The van der Waals surface area contributed by atoms with Gasteiger partial charge in [-0.25, -0.2) is 0 Å². The second-order valence-corrected chi connectivity index (χ2v) is 5.39. The standard InChI is InChI=1S/C15H18N2O3S/c1-3-19-13-7-5-4-6-12(13)9-21-10-15(18)16-14-8-11(2)20-17-14/h4-8H,3,9-10H2,1-2H3,(H,16,17,18). The number of aromatic nitrogens is 1. The van der Waals surface area contributed by atoms with Crippen molar-refractivity contribution in [3.63, 3.8) is 0 Å². The van der Waals surface area contributed by atoms with Crippen molar-refractivity contribution in [1.29, 1.82) is 0 Å². The number of hydrogen-bond acceptors (Lipinski definition) is 5. The predicted octanol–water partition coefficient (Wildman–Crippen LogP) is 3.25. The Bertz CT molecular complexity index is 598. The third-order valence-corrected chi connectivity index (χ3v) is 3.64. The highest BCUT2D eigenvalue weighted by Gasteiger charge is 2.08. The molecule has 0 fully saturated rings. The number of benzene rings is 1. The summed E-state index contributed by atoms with van der Waals surface area (Å²) in [5, 5.41) is 6.42. The van der Waals surface area contributed by atoms with E-state index in [2.05, 4.69) is 10.5 Å². The molecule has 2 aromatic rings. The van der Waals surface area contributed by atoms with Crippen molar-refractivity contribution in [3.05, 3.63) is 41.7 Å². The van der Waals surface area contributed by atoms with Gasteiger partial charge in [0.25, 0.3) is 0 Å². The molecule has 0 aliphatic heterocycles. The van der Waals surface area contributed by atoms with Crippen LogP contribution in [-0.4, -0.2) is 23.4 Å². The van der Waals surface area contributed by atoms with Crippen LogP contribution in [0, 0.1) is 6.92 Å². The molecule has 0 spiro atoms. The van der Waals surface area contributed by atoms with Gasteiger partial charge in [-0.2, -0.15) is 0 Å². The van der Waals surface area contributed by atoms with E-state index < -0.39 is 0 Å². The molecule has 112 valence electrons. The maximum Gasteiger partial charge on any atom is 0.235 e. The number of ether oxygens (including phenoxy) is 1. The number of rotatable bonds is 7. The molecule has 0 atom stereocenters. The average molecular weight is 306 g/mol. The van der Waals surface area contributed by atoms with Crippen molar-refractivity contribution in [2.45, 2.75) is 19.6 Å². The summed E-state index contributed by atoms with van der Waals surface area (Å²) in [4.78, 5) is 11.8. The summed E-state index contributed by atoms with van der Waals surface area (Å²) in [6, 6.07) is 9.55. The first-order chi connectivity index (χ1) is 10.2. The summed E-state index contributed by atoms with van der Waals surface area (Å²) in [6.45, 7) is 4.37. The lowest BCUT2D eigenvalue weighted by molar-refractivity contribution is -0.113. The SMILES string of the molecule is CCOc1ccccc1CSCC(=O)Nc1cc(C)on1. The molecule has 1 N–H and O–H groups in total. The van der Waals surface area contributed by atoms with Gasteiger partial charge in [0.2, 0.25) is 5.91 Å². The van der Waals surface area contributed by atoms with E-state index in [9.17, 15) is 4.79 Å². The lowest BCUT2D eigenvalue weighted by atomic mass is 10.2. The van der Waals surface area contributed by atoms with Crippen molar-refractivity contribution in [2.75, 3.05) is 17.7 Å². The van der Waals surface area contributed by atoms with Gasteiger partial charge < -0.3 is 14.6 Å². The van der Waals surface area contributed by atoms with Crippen LogP contribution < -0.4 is 10.1 Å². The van der Waals surface area contributed by atoms with E-state index in [-0.39, 0.29) is 5.91 Å². The first-order valence-corrected chi connectivity index (χ1v) is 7.86. The lowest BCUT2D eigenvalue weighted by Gasteiger charge is -2.09. The number of carbonyl (C=O) groups excluding carboxylic acids is 1. The molecular formula is C15H18N2O3S. The fourth-order valence-corrected chi connectivity index (χ4v) is 2.60. The number of aryl methyl sites for hydroxylation is 1. The largest absolute Gasteiger partial charge is 0.494 e. The van der Waals surface area contributed by atoms with Crippen LogP contribution in [0.25, 0.3) is 0 Å². The fraction of sp³-hybridized carbons (Fsp3) is 0.333. The lowest BCUT2D eigenvalue weighted by Crippen LogP contribution is -2.14. The second-order valence-electron chi connectivity index (χ2n) is 4.40. The summed E-state index contributed by atoms with van der Waals surface area (Å²) in [6.07, 6.45) is 0. The number of carbonyl (C=O) groups is 1. The van der Waals surface area contributed by atoms with Gasteiger partial charge in [0.05, 0.1) is 12.4 Å². The molecule has 0 unspecified atom stereocenters. The van der Waals surface area contributed by atoms with Crippen LogP contribution in [0.2, 0.25) is 0 Å². The number of anilines is 1. The molecule has 0 saturated heterocycles. The Morgan fingerprint density at radius 2 is 2.24 bits per heavy atom. The summed E-state index contributed by atoms with van der Waals surface area (Å²) >= 11 is 1.53. The Balaban J connectivity index is 1.80. The van der Waals surface area contributed by atoms with Gasteiger partial charge in [-0.15, -0.1) is 11.8 Å². The van der Waals surface area contributed by atoms with Gasteiger partial charge in [0, 0.05) is 17.4 Å². The highest BCUT2D eigenvalue weighted by atomic mass is 32.2. The third-order valence-electron chi connectivity index (χ3n) is 2.66. The molecule has 0 aliphatic carbocycles. The zero-order valence-corrected chi connectivity index (χ0v) is 12.9. The smallest absolute Gasteiger partial charge is 0.235 e. The molecule has 0 saturated carbocycles. The second kappa shape index (κ2) is 7.73. The highest BCUT2D eigenvalue weighted by molar-refractivity contribution is 7.99. The molecule has 6 heteroatoms. The Morgan fingerprint density at radius 1 is 1.43 bits per heavy atom. The predicted molar refractivity (Wildman–Crippen MR) is 83.6 cm³/mol. The first kappa shape index (κ1) is 15.4. The van der Waals surface area contributed by atoms with Gasteiger partial charge in [-0.3, -0.25) is 4.79 Å². The molecule has 5 nitrogen and oxygen atoms in total. The highest BCUT2D eigenvalue weighted by Crippen LogP contribution is 2.23. The average Bonchev–Trinajstić information content (AvgIpc) is 2.86. The molecule has 1 aromatic heterocycles. The molecular weight excluding hydrogens is 288 g/mol.